The van der Waals surface area contributed by atoms with Gasteiger partial charge >= 0.3 is 0 Å². The Balaban J connectivity index is 2.51. The second-order valence-electron chi connectivity index (χ2n) is 7.44. The van der Waals surface area contributed by atoms with E-state index >= 15 is 0 Å². The normalized spacial score (nSPS) is 21.0. The molecule has 0 bridgehead atoms. The van der Waals surface area contributed by atoms with Crippen LogP contribution in [-0.4, -0.2) is 11.9 Å². The van der Waals surface area contributed by atoms with E-state index in [1.54, 1.807) is 0 Å². The fourth-order valence-corrected chi connectivity index (χ4v) is 3.20. The maximum atomic E-state index is 5.66. The minimum Gasteiger partial charge on any atom is -0.312 e. The average Bonchev–Trinajstić information content (AvgIpc) is 2.54. The van der Waals surface area contributed by atoms with Gasteiger partial charge in [-0.2, -0.15) is 0 Å². The highest BCUT2D eigenvalue weighted by Crippen LogP contribution is 2.26. The number of rotatable bonds is 4. The molecule has 0 aromatic rings. The van der Waals surface area contributed by atoms with E-state index in [9.17, 15) is 0 Å². The first-order valence-corrected chi connectivity index (χ1v) is 7.94. The van der Waals surface area contributed by atoms with Gasteiger partial charge in [-0.3, -0.25) is 4.99 Å². The highest BCUT2D eigenvalue weighted by Gasteiger charge is 2.18. The fourth-order valence-electron chi connectivity index (χ4n) is 3.20. The van der Waals surface area contributed by atoms with Gasteiger partial charge < -0.3 is 5.43 Å². The lowest BCUT2D eigenvalue weighted by atomic mass is 9.84. The number of nitrogens with zero attached hydrogens (tertiary/aromatic N) is 1. The first-order valence-electron chi connectivity index (χ1n) is 7.94. The van der Waals surface area contributed by atoms with Gasteiger partial charge in [0.1, 0.15) is 5.84 Å². The van der Waals surface area contributed by atoms with Gasteiger partial charge in [0.2, 0.25) is 0 Å². The molecule has 19 heavy (non-hydrogen) atoms. The Labute approximate surface area is 119 Å². The lowest BCUT2D eigenvalue weighted by Gasteiger charge is -2.24. The van der Waals surface area contributed by atoms with Crippen LogP contribution in [0.5, 0.6) is 0 Å². The van der Waals surface area contributed by atoms with Crippen molar-refractivity contribution in [2.24, 2.45) is 22.2 Å². The highest BCUT2D eigenvalue weighted by molar-refractivity contribution is 5.81. The van der Waals surface area contributed by atoms with Crippen molar-refractivity contribution in [2.45, 2.75) is 85.1 Å². The topological polar surface area (TPSA) is 50.4 Å². The molecule has 0 aromatic carbocycles. The van der Waals surface area contributed by atoms with E-state index in [4.69, 9.17) is 10.8 Å². The van der Waals surface area contributed by atoms with Crippen LogP contribution in [0.2, 0.25) is 0 Å². The minimum absolute atomic E-state index is 0.376. The molecular formula is C16H33N3. The largest absolute Gasteiger partial charge is 0.312 e. The van der Waals surface area contributed by atoms with Crippen LogP contribution < -0.4 is 11.3 Å². The summed E-state index contributed by atoms with van der Waals surface area (Å²) in [7, 11) is 0. The number of hydrazine groups is 1. The van der Waals surface area contributed by atoms with E-state index in [1.807, 2.05) is 0 Å². The molecule has 3 N–H and O–H groups in total. The van der Waals surface area contributed by atoms with Gasteiger partial charge in [0.05, 0.1) is 6.04 Å². The number of nitrogens with two attached hydrogens (primary N) is 1. The fraction of sp³-hybridized carbons (Fsp3) is 0.938. The lowest BCUT2D eigenvalue weighted by Crippen LogP contribution is -2.33. The van der Waals surface area contributed by atoms with E-state index in [0.717, 1.165) is 12.3 Å². The summed E-state index contributed by atoms with van der Waals surface area (Å²) < 4.78 is 0. The molecule has 1 aliphatic rings. The Morgan fingerprint density at radius 2 is 1.79 bits per heavy atom. The standard InChI is InChI=1S/C16H33N3/c1-13(12-16(2,3)4)11-15(19-17)18-14-9-7-5-6-8-10-14/h13-14H,5-12,17H2,1-4H3,(H,18,19). The highest BCUT2D eigenvalue weighted by atomic mass is 15.3. The zero-order chi connectivity index (χ0) is 14.3. The van der Waals surface area contributed by atoms with Crippen molar-refractivity contribution in [3.8, 4) is 0 Å². The molecule has 3 heteroatoms. The molecule has 112 valence electrons. The molecule has 1 atom stereocenters. The molecule has 0 heterocycles. The van der Waals surface area contributed by atoms with E-state index in [0.29, 0.717) is 17.4 Å². The van der Waals surface area contributed by atoms with Gasteiger partial charge in [-0.1, -0.05) is 53.4 Å². The molecule has 0 saturated heterocycles. The number of nitrogens with one attached hydrogen (secondary N) is 1. The van der Waals surface area contributed by atoms with Crippen molar-refractivity contribution >= 4 is 5.84 Å². The SMILES string of the molecule is CC(CC(=NC1CCCCCC1)NN)CC(C)(C)C. The summed E-state index contributed by atoms with van der Waals surface area (Å²) in [6.07, 6.45) is 10.0. The predicted molar refractivity (Wildman–Crippen MR) is 84.1 cm³/mol. The van der Waals surface area contributed by atoms with Gasteiger partial charge in [-0.05, 0) is 30.6 Å². The molecule has 1 aliphatic carbocycles. The Morgan fingerprint density at radius 1 is 1.21 bits per heavy atom. The summed E-state index contributed by atoms with van der Waals surface area (Å²) in [6, 6.07) is 0.496. The summed E-state index contributed by atoms with van der Waals surface area (Å²) >= 11 is 0. The van der Waals surface area contributed by atoms with Crippen LogP contribution in [0.1, 0.15) is 79.1 Å². The number of aliphatic imine (C=N–C) groups is 1. The molecule has 1 saturated carbocycles. The van der Waals surface area contributed by atoms with E-state index in [1.165, 1.54) is 44.9 Å². The van der Waals surface area contributed by atoms with Crippen LogP contribution in [0.4, 0.5) is 0 Å². The van der Waals surface area contributed by atoms with E-state index in [-0.39, 0.29) is 0 Å². The molecule has 0 aliphatic heterocycles. The van der Waals surface area contributed by atoms with Gasteiger partial charge in [0.15, 0.2) is 0 Å². The Morgan fingerprint density at radius 3 is 2.26 bits per heavy atom. The van der Waals surface area contributed by atoms with Gasteiger partial charge in [0, 0.05) is 6.42 Å². The summed E-state index contributed by atoms with van der Waals surface area (Å²) in [4.78, 5) is 4.86. The zero-order valence-corrected chi connectivity index (χ0v) is 13.3. The Kier molecular flexibility index (Phi) is 6.84. The maximum Gasteiger partial charge on any atom is 0.111 e. The number of amidine groups is 1. The summed E-state index contributed by atoms with van der Waals surface area (Å²) in [5, 5.41) is 0. The maximum absolute atomic E-state index is 5.66. The predicted octanol–water partition coefficient (Wildman–Crippen LogP) is 4.03. The van der Waals surface area contributed by atoms with E-state index < -0.39 is 0 Å². The van der Waals surface area contributed by atoms with Gasteiger partial charge in [-0.15, -0.1) is 0 Å². The van der Waals surface area contributed by atoms with Crippen molar-refractivity contribution in [3.63, 3.8) is 0 Å². The average molecular weight is 267 g/mol. The molecular weight excluding hydrogens is 234 g/mol. The van der Waals surface area contributed by atoms with Crippen molar-refractivity contribution in [1.82, 2.24) is 5.43 Å². The van der Waals surface area contributed by atoms with Crippen molar-refractivity contribution < 1.29 is 0 Å². The number of hydrogen-bond acceptors (Lipinski definition) is 2. The third kappa shape index (κ3) is 7.56. The Hall–Kier alpha value is -0.570. The second kappa shape index (κ2) is 7.88. The van der Waals surface area contributed by atoms with Crippen molar-refractivity contribution in [2.75, 3.05) is 0 Å². The van der Waals surface area contributed by atoms with Gasteiger partial charge in [0.25, 0.3) is 0 Å². The quantitative estimate of drug-likeness (QED) is 0.266. The summed E-state index contributed by atoms with van der Waals surface area (Å²) in [5.74, 6) is 7.29. The molecule has 0 radical (unpaired) electrons. The first kappa shape index (κ1) is 16.5. The van der Waals surface area contributed by atoms with Crippen LogP contribution in [0, 0.1) is 11.3 Å². The molecule has 1 rings (SSSR count). The number of hydrogen-bond donors (Lipinski definition) is 2. The van der Waals surface area contributed by atoms with Crippen LogP contribution >= 0.6 is 0 Å². The van der Waals surface area contributed by atoms with Gasteiger partial charge in [-0.25, -0.2) is 5.84 Å². The second-order valence-corrected chi connectivity index (χ2v) is 7.44. The zero-order valence-electron chi connectivity index (χ0n) is 13.3. The van der Waals surface area contributed by atoms with E-state index in [2.05, 4.69) is 33.1 Å². The molecule has 1 fully saturated rings. The van der Waals surface area contributed by atoms with Crippen LogP contribution in [-0.2, 0) is 0 Å². The van der Waals surface area contributed by atoms with Crippen LogP contribution in [0.25, 0.3) is 0 Å². The molecule has 0 aromatic heterocycles. The van der Waals surface area contributed by atoms with Crippen LogP contribution in [0.15, 0.2) is 4.99 Å². The lowest BCUT2D eigenvalue weighted by molar-refractivity contribution is 0.310. The molecule has 0 amide bonds. The monoisotopic (exact) mass is 267 g/mol. The third-order valence-corrected chi connectivity index (χ3v) is 3.83. The molecule has 0 spiro atoms. The Bertz CT molecular complexity index is 270. The third-order valence-electron chi connectivity index (χ3n) is 3.83. The van der Waals surface area contributed by atoms with Crippen LogP contribution in [0.3, 0.4) is 0 Å². The summed E-state index contributed by atoms with van der Waals surface area (Å²) in [5.41, 5.74) is 3.21. The molecule has 1 unspecified atom stereocenters. The van der Waals surface area contributed by atoms with Crippen molar-refractivity contribution in [3.05, 3.63) is 0 Å². The molecule has 3 nitrogen and oxygen atoms in total. The minimum atomic E-state index is 0.376. The van der Waals surface area contributed by atoms with Crippen molar-refractivity contribution in [1.29, 1.82) is 0 Å². The first-order chi connectivity index (χ1) is 8.90. The smallest absolute Gasteiger partial charge is 0.111 e. The summed E-state index contributed by atoms with van der Waals surface area (Å²) in [6.45, 7) is 9.18.